The van der Waals surface area contributed by atoms with Crippen molar-refractivity contribution < 1.29 is 0 Å². The van der Waals surface area contributed by atoms with Gasteiger partial charge in [0.2, 0.25) is 0 Å². The van der Waals surface area contributed by atoms with Crippen LogP contribution in [-0.2, 0) is 13.0 Å². The lowest BCUT2D eigenvalue weighted by molar-refractivity contribution is 0.176. The second-order valence-corrected chi connectivity index (χ2v) is 11.1. The Balaban J connectivity index is 1.23. The summed E-state index contributed by atoms with van der Waals surface area (Å²) >= 11 is 3.39. The minimum Gasteiger partial charge on any atom is -0.316 e. The fourth-order valence-electron chi connectivity index (χ4n) is 3.83. The summed E-state index contributed by atoms with van der Waals surface area (Å²) in [5.41, 5.74) is 2.36. The highest BCUT2D eigenvalue weighted by atomic mass is 32.2. The first-order valence-electron chi connectivity index (χ1n) is 11.3. The van der Waals surface area contributed by atoms with Crippen LogP contribution < -0.4 is 5.32 Å². The van der Waals surface area contributed by atoms with Gasteiger partial charge in [0.1, 0.15) is 5.82 Å². The number of pyridine rings is 1. The molecule has 0 spiro atoms. The molecule has 1 fully saturated rings. The van der Waals surface area contributed by atoms with Crippen LogP contribution in [0.15, 0.2) is 41.9 Å². The molecule has 0 amide bonds. The van der Waals surface area contributed by atoms with Crippen LogP contribution in [-0.4, -0.2) is 43.7 Å². The fraction of sp³-hybridized carbons (Fsp3) is 0.500. The lowest BCUT2D eigenvalue weighted by Gasteiger charge is -2.31. The molecule has 4 rings (SSSR count). The van der Waals surface area contributed by atoms with Crippen LogP contribution in [0, 0.1) is 18.8 Å². The van der Waals surface area contributed by atoms with Crippen LogP contribution in [0.5, 0.6) is 0 Å². The van der Waals surface area contributed by atoms with Gasteiger partial charge in [0.25, 0.3) is 0 Å². The minimum absolute atomic E-state index is 0.653. The number of nitrogens with zero attached hydrogens (tertiary/aromatic N) is 5. The topological polar surface area (TPSA) is 66.8 Å². The summed E-state index contributed by atoms with van der Waals surface area (Å²) in [6.07, 6.45) is 9.31. The Morgan fingerprint density at radius 3 is 2.59 bits per heavy atom. The molecule has 1 aliphatic rings. The highest BCUT2D eigenvalue weighted by Crippen LogP contribution is 2.25. The van der Waals surface area contributed by atoms with Gasteiger partial charge in [-0.05, 0) is 63.2 Å². The van der Waals surface area contributed by atoms with Crippen molar-refractivity contribution in [1.82, 2.24) is 24.8 Å². The Morgan fingerprint density at radius 2 is 1.91 bits per heavy atom. The molecule has 0 atom stereocenters. The Labute approximate surface area is 199 Å². The summed E-state index contributed by atoms with van der Waals surface area (Å²) < 4.78 is 0. The molecule has 3 aromatic heterocycles. The van der Waals surface area contributed by atoms with Gasteiger partial charge in [-0.1, -0.05) is 31.7 Å². The van der Waals surface area contributed by atoms with E-state index in [1.807, 2.05) is 24.7 Å². The SMILES string of the molecule is Cc1cnc(Nc2cccc(CC3CCN(Cc4cnc(SCC(C)C)nc4)CC3)n2)s1. The number of anilines is 2. The third-order valence-electron chi connectivity index (χ3n) is 5.50. The number of aromatic nitrogens is 4. The molecule has 0 unspecified atom stereocenters. The number of rotatable bonds is 9. The molecule has 32 heavy (non-hydrogen) atoms. The van der Waals surface area contributed by atoms with E-state index in [-0.39, 0.29) is 0 Å². The molecule has 0 saturated carbocycles. The maximum absolute atomic E-state index is 4.82. The van der Waals surface area contributed by atoms with E-state index in [4.69, 9.17) is 4.98 Å². The van der Waals surface area contributed by atoms with Gasteiger partial charge in [-0.15, -0.1) is 11.3 Å². The van der Waals surface area contributed by atoms with Crippen LogP contribution >= 0.6 is 23.1 Å². The highest BCUT2D eigenvalue weighted by molar-refractivity contribution is 7.99. The van der Waals surface area contributed by atoms with Crippen molar-refractivity contribution in [2.45, 2.75) is 51.7 Å². The van der Waals surface area contributed by atoms with Crippen molar-refractivity contribution in [2.75, 3.05) is 24.2 Å². The lowest BCUT2D eigenvalue weighted by Crippen LogP contribution is -2.34. The molecule has 1 aliphatic heterocycles. The maximum atomic E-state index is 4.82. The van der Waals surface area contributed by atoms with Crippen LogP contribution in [0.25, 0.3) is 0 Å². The average Bonchev–Trinajstić information content (AvgIpc) is 3.19. The third kappa shape index (κ3) is 6.98. The second-order valence-electron chi connectivity index (χ2n) is 8.92. The molecule has 3 aromatic rings. The van der Waals surface area contributed by atoms with Gasteiger partial charge >= 0.3 is 0 Å². The number of hydrogen-bond donors (Lipinski definition) is 1. The standard InChI is InChI=1S/C24H32N6S2/c1-17(2)16-31-23-26-13-20(14-27-23)15-30-9-7-19(8-10-30)11-21-5-4-6-22(28-21)29-24-25-12-18(3)32-24/h4-6,12-14,17,19H,7-11,15-16H2,1-3H3,(H,25,28,29). The number of hydrogen-bond acceptors (Lipinski definition) is 8. The molecule has 0 aromatic carbocycles. The van der Waals surface area contributed by atoms with Crippen LogP contribution in [0.4, 0.5) is 10.9 Å². The molecule has 0 radical (unpaired) electrons. The van der Waals surface area contributed by atoms with Crippen LogP contribution in [0.3, 0.4) is 0 Å². The molecule has 8 heteroatoms. The molecule has 0 aliphatic carbocycles. The first-order valence-corrected chi connectivity index (χ1v) is 13.1. The van der Waals surface area contributed by atoms with E-state index in [2.05, 4.69) is 58.1 Å². The van der Waals surface area contributed by atoms with E-state index in [0.717, 1.165) is 53.6 Å². The normalized spacial score (nSPS) is 15.4. The van der Waals surface area contributed by atoms with E-state index in [0.29, 0.717) is 11.8 Å². The zero-order chi connectivity index (χ0) is 22.3. The van der Waals surface area contributed by atoms with Gasteiger partial charge in [-0.3, -0.25) is 4.90 Å². The summed E-state index contributed by atoms with van der Waals surface area (Å²) in [6, 6.07) is 6.24. The van der Waals surface area contributed by atoms with Gasteiger partial charge < -0.3 is 5.32 Å². The van der Waals surface area contributed by atoms with Crippen molar-refractivity contribution in [2.24, 2.45) is 11.8 Å². The quantitative estimate of drug-likeness (QED) is 0.325. The second kappa shape index (κ2) is 11.2. The number of aryl methyl sites for hydroxylation is 1. The first-order chi connectivity index (χ1) is 15.5. The Bertz CT molecular complexity index is 980. The van der Waals surface area contributed by atoms with E-state index in [1.165, 1.54) is 23.3 Å². The zero-order valence-electron chi connectivity index (χ0n) is 19.1. The van der Waals surface area contributed by atoms with Gasteiger partial charge in [0.15, 0.2) is 10.3 Å². The summed E-state index contributed by atoms with van der Waals surface area (Å²) in [4.78, 5) is 22.0. The van der Waals surface area contributed by atoms with Crippen molar-refractivity contribution in [3.05, 3.63) is 52.9 Å². The van der Waals surface area contributed by atoms with Crippen molar-refractivity contribution in [1.29, 1.82) is 0 Å². The molecule has 0 bridgehead atoms. The molecular weight excluding hydrogens is 436 g/mol. The van der Waals surface area contributed by atoms with Gasteiger partial charge in [0.05, 0.1) is 0 Å². The van der Waals surface area contributed by atoms with E-state index >= 15 is 0 Å². The van der Waals surface area contributed by atoms with Gasteiger partial charge in [-0.25, -0.2) is 19.9 Å². The number of nitrogens with one attached hydrogen (secondary N) is 1. The molecule has 4 heterocycles. The zero-order valence-corrected chi connectivity index (χ0v) is 20.8. The van der Waals surface area contributed by atoms with E-state index in [9.17, 15) is 0 Å². The predicted molar refractivity (Wildman–Crippen MR) is 134 cm³/mol. The Hall–Kier alpha value is -2.03. The third-order valence-corrected chi connectivity index (χ3v) is 7.63. The molecule has 170 valence electrons. The van der Waals surface area contributed by atoms with E-state index in [1.54, 1.807) is 23.1 Å². The molecule has 1 saturated heterocycles. The van der Waals surface area contributed by atoms with Crippen LogP contribution in [0.2, 0.25) is 0 Å². The summed E-state index contributed by atoms with van der Waals surface area (Å²) in [6.45, 7) is 9.67. The Kier molecular flexibility index (Phi) is 8.10. The fourth-order valence-corrected chi connectivity index (χ4v) is 5.24. The number of thiazole rings is 1. The highest BCUT2D eigenvalue weighted by Gasteiger charge is 2.20. The van der Waals surface area contributed by atoms with Gasteiger partial charge in [0, 0.05) is 47.0 Å². The number of thioether (sulfide) groups is 1. The van der Waals surface area contributed by atoms with E-state index < -0.39 is 0 Å². The average molecular weight is 469 g/mol. The summed E-state index contributed by atoms with van der Waals surface area (Å²) in [7, 11) is 0. The molecular formula is C24H32N6S2. The summed E-state index contributed by atoms with van der Waals surface area (Å²) in [5, 5.41) is 5.11. The largest absolute Gasteiger partial charge is 0.316 e. The predicted octanol–water partition coefficient (Wildman–Crippen LogP) is 5.58. The maximum Gasteiger partial charge on any atom is 0.188 e. The van der Waals surface area contributed by atoms with Crippen molar-refractivity contribution >= 4 is 34.0 Å². The first kappa shape index (κ1) is 23.1. The minimum atomic E-state index is 0.653. The van der Waals surface area contributed by atoms with Crippen molar-refractivity contribution in [3.63, 3.8) is 0 Å². The number of likely N-dealkylation sites (tertiary alicyclic amines) is 1. The molecule has 6 nitrogen and oxygen atoms in total. The number of piperidine rings is 1. The Morgan fingerprint density at radius 1 is 1.12 bits per heavy atom. The van der Waals surface area contributed by atoms with Crippen LogP contribution in [0.1, 0.15) is 42.8 Å². The molecule has 1 N–H and O–H groups in total. The van der Waals surface area contributed by atoms with Gasteiger partial charge in [-0.2, -0.15) is 0 Å². The summed E-state index contributed by atoms with van der Waals surface area (Å²) in [5.74, 6) is 3.28. The lowest BCUT2D eigenvalue weighted by atomic mass is 9.92. The van der Waals surface area contributed by atoms with Crippen molar-refractivity contribution in [3.8, 4) is 0 Å². The smallest absolute Gasteiger partial charge is 0.188 e. The monoisotopic (exact) mass is 468 g/mol.